The first-order valence-electron chi connectivity index (χ1n) is 4.12. The fourth-order valence-corrected chi connectivity index (χ4v) is 1.18. The number of nitrogens with zero attached hydrogens (tertiary/aromatic N) is 2. The van der Waals surface area contributed by atoms with Gasteiger partial charge in [-0.05, 0) is 24.7 Å². The van der Waals surface area contributed by atoms with Gasteiger partial charge in [0.2, 0.25) is 0 Å². The maximum Gasteiger partial charge on any atom is 0.0866 e. The molecule has 0 heterocycles. The molecule has 0 saturated heterocycles. The summed E-state index contributed by atoms with van der Waals surface area (Å²) in [6.45, 7) is 1.20. The minimum Gasteiger partial charge on any atom is -0.399 e. The van der Waals surface area contributed by atoms with E-state index in [4.69, 9.17) is 11.0 Å². The Labute approximate surface area is 78.4 Å². The number of benzene rings is 1. The fourth-order valence-electron chi connectivity index (χ4n) is 1.18. The third kappa shape index (κ3) is 3.14. The first kappa shape index (κ1) is 9.56. The summed E-state index contributed by atoms with van der Waals surface area (Å²) >= 11 is 0. The number of rotatable bonds is 3. The normalized spacial score (nSPS) is 9.92. The van der Waals surface area contributed by atoms with Gasteiger partial charge in [-0.3, -0.25) is 4.90 Å². The lowest BCUT2D eigenvalue weighted by Crippen LogP contribution is -2.17. The average molecular weight is 175 g/mol. The van der Waals surface area contributed by atoms with Crippen LogP contribution < -0.4 is 5.73 Å². The summed E-state index contributed by atoms with van der Waals surface area (Å²) in [6.07, 6.45) is 0. The van der Waals surface area contributed by atoms with Gasteiger partial charge in [-0.2, -0.15) is 5.26 Å². The molecule has 0 fully saturated rings. The van der Waals surface area contributed by atoms with Crippen LogP contribution in [0, 0.1) is 11.3 Å². The first-order chi connectivity index (χ1) is 6.22. The van der Waals surface area contributed by atoms with Crippen LogP contribution in [0.5, 0.6) is 0 Å². The number of hydrogen-bond acceptors (Lipinski definition) is 3. The van der Waals surface area contributed by atoms with Crippen molar-refractivity contribution in [3.8, 4) is 6.07 Å². The second-order valence-electron chi connectivity index (χ2n) is 3.08. The van der Waals surface area contributed by atoms with E-state index >= 15 is 0 Å². The van der Waals surface area contributed by atoms with Crippen molar-refractivity contribution in [3.05, 3.63) is 29.8 Å². The van der Waals surface area contributed by atoms with Gasteiger partial charge in [0, 0.05) is 12.2 Å². The highest BCUT2D eigenvalue weighted by Crippen LogP contribution is 2.08. The molecule has 1 aromatic carbocycles. The zero-order chi connectivity index (χ0) is 9.68. The van der Waals surface area contributed by atoms with Gasteiger partial charge in [0.05, 0.1) is 12.6 Å². The molecule has 0 bridgehead atoms. The first-order valence-corrected chi connectivity index (χ1v) is 4.12. The Kier molecular flexibility index (Phi) is 3.30. The van der Waals surface area contributed by atoms with Crippen LogP contribution in [-0.2, 0) is 6.54 Å². The van der Waals surface area contributed by atoms with Crippen LogP contribution in [0.2, 0.25) is 0 Å². The molecule has 0 unspecified atom stereocenters. The van der Waals surface area contributed by atoms with Gasteiger partial charge in [-0.1, -0.05) is 12.1 Å². The molecule has 0 atom stereocenters. The SMILES string of the molecule is CN(CC#N)Cc1cccc(N)c1. The summed E-state index contributed by atoms with van der Waals surface area (Å²) in [6, 6.07) is 9.80. The molecule has 0 aliphatic rings. The van der Waals surface area contributed by atoms with Gasteiger partial charge in [-0.25, -0.2) is 0 Å². The molecule has 13 heavy (non-hydrogen) atoms. The molecule has 3 heteroatoms. The standard InChI is InChI=1S/C10H13N3/c1-13(6-5-11)8-9-3-2-4-10(12)7-9/h2-4,7H,6,8,12H2,1H3. The third-order valence-corrected chi connectivity index (χ3v) is 1.74. The predicted octanol–water partition coefficient (Wildman–Crippen LogP) is 1.22. The Morgan fingerprint density at radius 3 is 2.92 bits per heavy atom. The number of nitriles is 1. The number of hydrogen-bond donors (Lipinski definition) is 1. The minimum absolute atomic E-state index is 0.439. The zero-order valence-electron chi connectivity index (χ0n) is 7.70. The maximum atomic E-state index is 8.45. The lowest BCUT2D eigenvalue weighted by molar-refractivity contribution is 0.367. The molecule has 0 aliphatic heterocycles. The van der Waals surface area contributed by atoms with Crippen LogP contribution in [-0.4, -0.2) is 18.5 Å². The third-order valence-electron chi connectivity index (χ3n) is 1.74. The van der Waals surface area contributed by atoms with Crippen LogP contribution >= 0.6 is 0 Å². The van der Waals surface area contributed by atoms with Crippen molar-refractivity contribution in [1.82, 2.24) is 4.90 Å². The van der Waals surface area contributed by atoms with E-state index in [1.807, 2.05) is 36.2 Å². The van der Waals surface area contributed by atoms with E-state index in [0.717, 1.165) is 17.8 Å². The summed E-state index contributed by atoms with van der Waals surface area (Å²) in [7, 11) is 1.91. The molecule has 0 aromatic heterocycles. The second kappa shape index (κ2) is 4.48. The maximum absolute atomic E-state index is 8.45. The van der Waals surface area contributed by atoms with E-state index in [-0.39, 0.29) is 0 Å². The van der Waals surface area contributed by atoms with Gasteiger partial charge in [0.1, 0.15) is 0 Å². The number of nitrogen functional groups attached to an aromatic ring is 1. The summed E-state index contributed by atoms with van der Waals surface area (Å²) < 4.78 is 0. The lowest BCUT2D eigenvalue weighted by Gasteiger charge is -2.12. The lowest BCUT2D eigenvalue weighted by atomic mass is 10.2. The second-order valence-corrected chi connectivity index (χ2v) is 3.08. The summed E-state index contributed by atoms with van der Waals surface area (Å²) in [4.78, 5) is 1.94. The number of nitrogens with two attached hydrogens (primary N) is 1. The smallest absolute Gasteiger partial charge is 0.0866 e. The monoisotopic (exact) mass is 175 g/mol. The summed E-state index contributed by atoms with van der Waals surface area (Å²) in [5.74, 6) is 0. The molecule has 68 valence electrons. The molecule has 0 saturated carbocycles. The molecular formula is C10H13N3. The van der Waals surface area contributed by atoms with Crippen LogP contribution in [0.4, 0.5) is 5.69 Å². The van der Waals surface area contributed by atoms with Crippen molar-refractivity contribution >= 4 is 5.69 Å². The van der Waals surface area contributed by atoms with E-state index in [1.54, 1.807) is 0 Å². The average Bonchev–Trinajstić information content (AvgIpc) is 2.04. The van der Waals surface area contributed by atoms with Crippen LogP contribution in [0.1, 0.15) is 5.56 Å². The Hall–Kier alpha value is -1.53. The van der Waals surface area contributed by atoms with Gasteiger partial charge in [0.25, 0.3) is 0 Å². The van der Waals surface area contributed by atoms with E-state index in [1.165, 1.54) is 0 Å². The highest BCUT2D eigenvalue weighted by molar-refractivity contribution is 5.40. The topological polar surface area (TPSA) is 53.0 Å². The molecule has 3 nitrogen and oxygen atoms in total. The van der Waals surface area contributed by atoms with Crippen molar-refractivity contribution in [3.63, 3.8) is 0 Å². The Morgan fingerprint density at radius 1 is 1.54 bits per heavy atom. The van der Waals surface area contributed by atoms with E-state index < -0.39 is 0 Å². The quantitative estimate of drug-likeness (QED) is 0.555. The van der Waals surface area contributed by atoms with Crippen LogP contribution in [0.3, 0.4) is 0 Å². The molecule has 2 N–H and O–H groups in total. The molecule has 0 spiro atoms. The Bertz CT molecular complexity index is 314. The van der Waals surface area contributed by atoms with Gasteiger partial charge in [0.15, 0.2) is 0 Å². The van der Waals surface area contributed by atoms with E-state index in [2.05, 4.69) is 6.07 Å². The van der Waals surface area contributed by atoms with Crippen molar-refractivity contribution in [1.29, 1.82) is 5.26 Å². The fraction of sp³-hybridized carbons (Fsp3) is 0.300. The molecule has 0 amide bonds. The van der Waals surface area contributed by atoms with Gasteiger partial charge < -0.3 is 5.73 Å². The Balaban J connectivity index is 2.59. The van der Waals surface area contributed by atoms with E-state index in [9.17, 15) is 0 Å². The molecular weight excluding hydrogens is 162 g/mol. The Morgan fingerprint density at radius 2 is 2.31 bits per heavy atom. The largest absolute Gasteiger partial charge is 0.399 e. The zero-order valence-corrected chi connectivity index (χ0v) is 7.70. The summed E-state index contributed by atoms with van der Waals surface area (Å²) in [5, 5.41) is 8.45. The molecule has 0 aliphatic carbocycles. The molecule has 0 radical (unpaired) electrons. The molecule has 1 aromatic rings. The summed E-state index contributed by atoms with van der Waals surface area (Å²) in [5.41, 5.74) is 7.53. The predicted molar refractivity (Wildman–Crippen MR) is 52.8 cm³/mol. The van der Waals surface area contributed by atoms with Crippen molar-refractivity contribution in [2.45, 2.75) is 6.54 Å². The van der Waals surface area contributed by atoms with Crippen molar-refractivity contribution < 1.29 is 0 Å². The molecule has 1 rings (SSSR count). The highest BCUT2D eigenvalue weighted by atomic mass is 15.1. The van der Waals surface area contributed by atoms with Gasteiger partial charge in [-0.15, -0.1) is 0 Å². The minimum atomic E-state index is 0.439. The van der Waals surface area contributed by atoms with Gasteiger partial charge >= 0.3 is 0 Å². The van der Waals surface area contributed by atoms with Crippen LogP contribution in [0.15, 0.2) is 24.3 Å². The van der Waals surface area contributed by atoms with Crippen molar-refractivity contribution in [2.75, 3.05) is 19.3 Å². The highest BCUT2D eigenvalue weighted by Gasteiger charge is 1.98. The van der Waals surface area contributed by atoms with Crippen molar-refractivity contribution in [2.24, 2.45) is 0 Å². The number of anilines is 1. The van der Waals surface area contributed by atoms with E-state index in [0.29, 0.717) is 6.54 Å². The van der Waals surface area contributed by atoms with Crippen LogP contribution in [0.25, 0.3) is 0 Å².